The Morgan fingerprint density at radius 3 is 1.59 bits per heavy atom. The van der Waals surface area contributed by atoms with Crippen LogP contribution in [-0.2, 0) is 38.4 Å². The summed E-state index contributed by atoms with van der Waals surface area (Å²) in [7, 11) is 0. The van der Waals surface area contributed by atoms with Crippen molar-refractivity contribution in [1.29, 1.82) is 0 Å². The van der Waals surface area contributed by atoms with Gasteiger partial charge in [0.2, 0.25) is 0 Å². The molecule has 172 valence electrons. The van der Waals surface area contributed by atoms with E-state index in [1.165, 1.54) is 11.1 Å². The van der Waals surface area contributed by atoms with Gasteiger partial charge in [-0.25, -0.2) is 0 Å². The average Bonchev–Trinajstić information content (AvgIpc) is 3.49. The molecule has 0 aliphatic carbocycles. The molecule has 0 fully saturated rings. The monoisotopic (exact) mass is 474 g/mol. The number of benzene rings is 2. The molecule has 0 radical (unpaired) electrons. The Morgan fingerprint density at radius 1 is 0.735 bits per heavy atom. The first-order chi connectivity index (χ1) is 15.7. The fourth-order valence-electron chi connectivity index (χ4n) is 2.53. The quantitative estimate of drug-likeness (QED) is 0.382. The van der Waals surface area contributed by atoms with E-state index in [1.807, 2.05) is 48.5 Å². The molecule has 4 aromatic rings. The van der Waals surface area contributed by atoms with Crippen LogP contribution in [0.25, 0.3) is 0 Å². The molecule has 0 bridgehead atoms. The Kier molecular flexibility index (Phi) is 20.6. The van der Waals surface area contributed by atoms with Gasteiger partial charge in [0.15, 0.2) is 0 Å². The number of hydrogen-bond donors (Lipinski definition) is 0. The van der Waals surface area contributed by atoms with Gasteiger partial charge in [0.25, 0.3) is 0 Å². The third-order valence-electron chi connectivity index (χ3n) is 3.90. The van der Waals surface area contributed by atoms with Gasteiger partial charge in [0.05, 0.1) is 11.9 Å². The molecular weight excluding hydrogens is 451 g/mol. The number of rotatable bonds is 5. The van der Waals surface area contributed by atoms with E-state index >= 15 is 0 Å². The summed E-state index contributed by atoms with van der Waals surface area (Å²) >= 11 is 0. The van der Waals surface area contributed by atoms with Crippen molar-refractivity contribution in [2.75, 3.05) is 0 Å². The second kappa shape index (κ2) is 21.4. The summed E-state index contributed by atoms with van der Waals surface area (Å²) in [4.78, 5) is 32.5. The van der Waals surface area contributed by atoms with E-state index in [-0.39, 0.29) is 47.3 Å². The molecule has 0 spiro atoms. The van der Waals surface area contributed by atoms with Gasteiger partial charge in [-0.3, -0.25) is 0 Å². The molecule has 0 unspecified atom stereocenters. The molecule has 1 N–H and O–H groups in total. The fourth-order valence-corrected chi connectivity index (χ4v) is 2.53. The van der Waals surface area contributed by atoms with Crippen molar-refractivity contribution < 1.29 is 63.3 Å². The Balaban J connectivity index is 0. The number of carbonyl (C=O) groups excluding carboxylic acids is 4. The summed E-state index contributed by atoms with van der Waals surface area (Å²) in [5.74, 6) is 1.84. The molecule has 0 saturated heterocycles. The predicted molar refractivity (Wildman–Crippen MR) is 113 cm³/mol. The molecule has 2 heterocycles. The molecule has 0 saturated carbocycles. The van der Waals surface area contributed by atoms with Crippen LogP contribution in [0.15, 0.2) is 88.0 Å². The molecule has 34 heavy (non-hydrogen) atoms. The van der Waals surface area contributed by atoms with E-state index in [0.29, 0.717) is 0 Å². The van der Waals surface area contributed by atoms with Gasteiger partial charge in [-0.15, -0.1) is 0 Å². The van der Waals surface area contributed by atoms with E-state index < -0.39 is 0 Å². The summed E-state index contributed by atoms with van der Waals surface area (Å²) in [5, 5.41) is 7.60. The summed E-state index contributed by atoms with van der Waals surface area (Å²) < 4.78 is 10.2. The van der Waals surface area contributed by atoms with Crippen molar-refractivity contribution in [1.82, 2.24) is 10.3 Å². The van der Waals surface area contributed by atoms with Crippen molar-refractivity contribution in [3.05, 3.63) is 107 Å². The van der Waals surface area contributed by atoms with Crippen molar-refractivity contribution in [2.45, 2.75) is 26.2 Å². The van der Waals surface area contributed by atoms with Gasteiger partial charge in [-0.05, 0) is 17.5 Å². The van der Waals surface area contributed by atoms with Gasteiger partial charge in [-0.1, -0.05) is 77.9 Å². The second-order valence-electron chi connectivity index (χ2n) is 6.11. The van der Waals surface area contributed by atoms with Gasteiger partial charge in [0.1, 0.15) is 11.5 Å². The minimum atomic E-state index is 0. The van der Waals surface area contributed by atoms with Crippen LogP contribution in [0.4, 0.5) is 0 Å². The van der Waals surface area contributed by atoms with Crippen molar-refractivity contribution in [3.63, 3.8) is 0 Å². The predicted octanol–water partition coefficient (Wildman–Crippen LogP) is 0.753. The third-order valence-corrected chi connectivity index (χ3v) is 3.90. The largest absolute Gasteiger partial charge is 1.00 e. The average molecular weight is 474 g/mol. The summed E-state index contributed by atoms with van der Waals surface area (Å²) in [5.41, 5.74) is 3.52. The molecule has 2 aromatic heterocycles. The Morgan fingerprint density at radius 2 is 1.21 bits per heavy atom. The summed E-state index contributed by atoms with van der Waals surface area (Å²) in [6.45, 7) is 2.07. The molecule has 0 amide bonds. The molecule has 2 aromatic carbocycles. The first-order valence-corrected chi connectivity index (χ1v) is 9.57. The van der Waals surface area contributed by atoms with Crippen LogP contribution in [-0.4, -0.2) is 28.1 Å². The van der Waals surface area contributed by atoms with E-state index in [9.17, 15) is 0 Å². The van der Waals surface area contributed by atoms with Crippen LogP contribution in [0, 0.1) is 0 Å². The fraction of sp³-hybridized carbons (Fsp3) is 0.167. The Bertz CT molecular complexity index is 1050. The zero-order valence-electron chi connectivity index (χ0n) is 18.9. The minimum Gasteiger partial charge on any atom is -0.870 e. The standard InChI is InChI=1S/C12H13NO.C10H9NO.2CO2.Na.H2O/c1-2-11-9-12(14-13-11)8-10-6-4-3-5-7-10;1-2-4-9(5-3-1)8-10-6-7-11-12-10;2*2-1-3;;/h3-7,9H,2,8H2,1H3;1-7H,8H2;;;;1H2/q;;;;+1;/p-1. The first kappa shape index (κ1) is 32.8. The first-order valence-electron chi connectivity index (χ1n) is 9.57. The van der Waals surface area contributed by atoms with Crippen molar-refractivity contribution in [3.8, 4) is 0 Å². The molecule has 10 heteroatoms. The van der Waals surface area contributed by atoms with Crippen LogP contribution >= 0.6 is 0 Å². The third kappa shape index (κ3) is 14.6. The van der Waals surface area contributed by atoms with E-state index in [2.05, 4.69) is 41.5 Å². The number of aryl methyl sites for hydroxylation is 1. The molecular formula is C24H23N2NaO7. The molecule has 0 aliphatic rings. The summed E-state index contributed by atoms with van der Waals surface area (Å²) in [6.07, 6.45) is 4.74. The summed E-state index contributed by atoms with van der Waals surface area (Å²) in [6, 6.07) is 24.4. The second-order valence-corrected chi connectivity index (χ2v) is 6.11. The van der Waals surface area contributed by atoms with E-state index in [4.69, 9.17) is 28.2 Å². The maximum absolute atomic E-state index is 8.12. The van der Waals surface area contributed by atoms with Gasteiger partial charge in [-0.2, -0.15) is 19.2 Å². The number of hydrogen-bond acceptors (Lipinski definition) is 9. The normalized spacial score (nSPS) is 8.26. The van der Waals surface area contributed by atoms with Crippen molar-refractivity contribution >= 4 is 12.3 Å². The molecule has 0 atom stereocenters. The van der Waals surface area contributed by atoms with Crippen LogP contribution in [0.5, 0.6) is 0 Å². The maximum atomic E-state index is 8.12. The Labute approximate surface area is 218 Å². The van der Waals surface area contributed by atoms with Gasteiger partial charge < -0.3 is 14.5 Å². The van der Waals surface area contributed by atoms with Crippen LogP contribution in [0.1, 0.15) is 35.3 Å². The Hall–Kier alpha value is -3.42. The SMILES string of the molecule is CCc1cc(Cc2ccccc2)on1.O=C=O.O=C=O.[Na+].[OH-].c1ccc(Cc2ccno2)cc1. The topological polar surface area (TPSA) is 150 Å². The molecule has 0 aliphatic heterocycles. The minimum absolute atomic E-state index is 0. The van der Waals surface area contributed by atoms with E-state index in [1.54, 1.807) is 6.20 Å². The maximum Gasteiger partial charge on any atom is 1.00 e. The van der Waals surface area contributed by atoms with Gasteiger partial charge >= 0.3 is 41.9 Å². The van der Waals surface area contributed by atoms with Gasteiger partial charge in [0, 0.05) is 25.0 Å². The zero-order valence-corrected chi connectivity index (χ0v) is 20.9. The molecule has 9 nitrogen and oxygen atoms in total. The molecule has 4 rings (SSSR count). The van der Waals surface area contributed by atoms with Crippen LogP contribution < -0.4 is 29.6 Å². The number of aromatic nitrogens is 2. The van der Waals surface area contributed by atoms with E-state index in [0.717, 1.165) is 36.5 Å². The van der Waals surface area contributed by atoms with Crippen molar-refractivity contribution in [2.24, 2.45) is 0 Å². The number of nitrogens with zero attached hydrogens (tertiary/aromatic N) is 2. The zero-order chi connectivity index (χ0) is 23.4. The smallest absolute Gasteiger partial charge is 0.870 e. The van der Waals surface area contributed by atoms with Crippen LogP contribution in [0.3, 0.4) is 0 Å². The van der Waals surface area contributed by atoms with Crippen LogP contribution in [0.2, 0.25) is 0 Å².